The number of rotatable bonds is 6. The van der Waals surface area contributed by atoms with E-state index >= 15 is 0 Å². The Morgan fingerprint density at radius 2 is 1.86 bits per heavy atom. The van der Waals surface area contributed by atoms with Crippen LogP contribution in [0.4, 0.5) is 0 Å². The number of aryl methyl sites for hydroxylation is 1. The zero-order valence-electron chi connectivity index (χ0n) is 12.1. The Morgan fingerprint density at radius 3 is 2.50 bits per heavy atom. The summed E-state index contributed by atoms with van der Waals surface area (Å²) in [5.74, 6) is -0.435. The van der Waals surface area contributed by atoms with Crippen LogP contribution in [0.15, 0.2) is 30.5 Å². The van der Waals surface area contributed by atoms with Crippen LogP contribution in [0.3, 0.4) is 0 Å². The van der Waals surface area contributed by atoms with Crippen LogP contribution < -0.4 is 10.6 Å². The average Bonchev–Trinajstić information content (AvgIpc) is 3.00. The Labute approximate surface area is 137 Å². The molecule has 0 saturated carbocycles. The standard InChI is InChI=1S/C15H16ClN3O2S/c1-2-13-19-9-12(22-13)15(21)18-8-7-17-14(20)10-5-3-4-6-11(10)16/h3-6,9H,2,7-8H2,1H3,(H,17,20)(H,18,21). The van der Waals surface area contributed by atoms with Gasteiger partial charge in [-0.25, -0.2) is 4.98 Å². The molecule has 1 aromatic heterocycles. The number of halogens is 1. The molecule has 2 aromatic rings. The minimum atomic E-state index is -0.258. The second-order valence-electron chi connectivity index (χ2n) is 4.46. The molecule has 1 heterocycles. The second-order valence-corrected chi connectivity index (χ2v) is 5.99. The second kappa shape index (κ2) is 7.91. The first-order chi connectivity index (χ1) is 10.6. The van der Waals surface area contributed by atoms with Crippen LogP contribution in [0.2, 0.25) is 5.02 Å². The Morgan fingerprint density at radius 1 is 1.18 bits per heavy atom. The van der Waals surface area contributed by atoms with Gasteiger partial charge in [-0.05, 0) is 18.6 Å². The van der Waals surface area contributed by atoms with Crippen LogP contribution in [-0.4, -0.2) is 29.9 Å². The molecule has 0 fully saturated rings. The van der Waals surface area contributed by atoms with Crippen molar-refractivity contribution in [3.8, 4) is 0 Å². The van der Waals surface area contributed by atoms with Gasteiger partial charge in [-0.3, -0.25) is 9.59 Å². The van der Waals surface area contributed by atoms with E-state index in [0.29, 0.717) is 28.6 Å². The minimum absolute atomic E-state index is 0.177. The molecule has 0 bridgehead atoms. The van der Waals surface area contributed by atoms with E-state index in [4.69, 9.17) is 11.6 Å². The van der Waals surface area contributed by atoms with Gasteiger partial charge >= 0.3 is 0 Å². The number of nitrogens with zero attached hydrogens (tertiary/aromatic N) is 1. The van der Waals surface area contributed by atoms with Gasteiger partial charge in [0.05, 0.1) is 21.8 Å². The van der Waals surface area contributed by atoms with Crippen molar-refractivity contribution in [1.82, 2.24) is 15.6 Å². The maximum Gasteiger partial charge on any atom is 0.263 e. The molecule has 0 aliphatic rings. The fraction of sp³-hybridized carbons (Fsp3) is 0.267. The summed E-state index contributed by atoms with van der Waals surface area (Å²) in [6.45, 7) is 2.66. The number of benzene rings is 1. The molecule has 2 amide bonds. The lowest BCUT2D eigenvalue weighted by Crippen LogP contribution is -2.34. The molecule has 0 saturated heterocycles. The summed E-state index contributed by atoms with van der Waals surface area (Å²) in [5.41, 5.74) is 0.422. The first kappa shape index (κ1) is 16.5. The van der Waals surface area contributed by atoms with Crippen LogP contribution in [0, 0.1) is 0 Å². The molecule has 0 radical (unpaired) electrons. The fourth-order valence-electron chi connectivity index (χ4n) is 1.76. The van der Waals surface area contributed by atoms with E-state index in [1.165, 1.54) is 11.3 Å². The molecule has 0 aliphatic carbocycles. The van der Waals surface area contributed by atoms with Crippen LogP contribution in [0.5, 0.6) is 0 Å². The Hall–Kier alpha value is -1.92. The van der Waals surface area contributed by atoms with Crippen molar-refractivity contribution in [3.05, 3.63) is 50.9 Å². The molecule has 22 heavy (non-hydrogen) atoms. The molecule has 2 rings (SSSR count). The van der Waals surface area contributed by atoms with Gasteiger partial charge in [0, 0.05) is 13.1 Å². The molecular weight excluding hydrogens is 322 g/mol. The first-order valence-electron chi connectivity index (χ1n) is 6.87. The normalized spacial score (nSPS) is 10.3. The number of hydrogen-bond acceptors (Lipinski definition) is 4. The summed E-state index contributed by atoms with van der Waals surface area (Å²) in [6.07, 6.45) is 2.38. The third kappa shape index (κ3) is 4.29. The van der Waals surface area contributed by atoms with Gasteiger partial charge in [0.2, 0.25) is 0 Å². The summed E-state index contributed by atoms with van der Waals surface area (Å²) in [4.78, 5) is 28.5. The van der Waals surface area contributed by atoms with Crippen molar-refractivity contribution in [2.75, 3.05) is 13.1 Å². The van der Waals surface area contributed by atoms with E-state index in [2.05, 4.69) is 15.6 Å². The van der Waals surface area contributed by atoms with Crippen molar-refractivity contribution in [1.29, 1.82) is 0 Å². The summed E-state index contributed by atoms with van der Waals surface area (Å²) >= 11 is 7.32. The van der Waals surface area contributed by atoms with Crippen molar-refractivity contribution in [2.24, 2.45) is 0 Å². The highest BCUT2D eigenvalue weighted by molar-refractivity contribution is 7.13. The lowest BCUT2D eigenvalue weighted by atomic mass is 10.2. The van der Waals surface area contributed by atoms with Crippen molar-refractivity contribution < 1.29 is 9.59 Å². The van der Waals surface area contributed by atoms with Crippen molar-refractivity contribution >= 4 is 34.8 Å². The Kier molecular flexibility index (Phi) is 5.91. The number of carbonyl (C=O) groups is 2. The van der Waals surface area contributed by atoms with Gasteiger partial charge in [-0.2, -0.15) is 0 Å². The predicted octanol–water partition coefficient (Wildman–Crippen LogP) is 2.52. The molecular formula is C15H16ClN3O2S. The summed E-state index contributed by atoms with van der Waals surface area (Å²) in [7, 11) is 0. The number of thiazole rings is 1. The lowest BCUT2D eigenvalue weighted by Gasteiger charge is -2.07. The number of hydrogen-bond donors (Lipinski definition) is 2. The molecule has 0 unspecified atom stereocenters. The average molecular weight is 338 g/mol. The topological polar surface area (TPSA) is 71.1 Å². The van der Waals surface area contributed by atoms with Crippen LogP contribution in [0.1, 0.15) is 32.0 Å². The predicted molar refractivity (Wildman–Crippen MR) is 87.6 cm³/mol. The SMILES string of the molecule is CCc1ncc(C(=O)NCCNC(=O)c2ccccc2Cl)s1. The van der Waals surface area contributed by atoms with E-state index in [-0.39, 0.29) is 11.8 Å². The van der Waals surface area contributed by atoms with E-state index in [9.17, 15) is 9.59 Å². The molecule has 1 aromatic carbocycles. The Bertz CT molecular complexity index is 672. The maximum absolute atomic E-state index is 11.9. The summed E-state index contributed by atoms with van der Waals surface area (Å²) < 4.78 is 0. The van der Waals surface area contributed by atoms with Crippen LogP contribution in [0.25, 0.3) is 0 Å². The summed E-state index contributed by atoms with van der Waals surface area (Å²) in [5, 5.41) is 6.79. The smallest absolute Gasteiger partial charge is 0.263 e. The fourth-order valence-corrected chi connectivity index (χ4v) is 2.75. The van der Waals surface area contributed by atoms with Crippen LogP contribution >= 0.6 is 22.9 Å². The number of amides is 2. The van der Waals surface area contributed by atoms with E-state index in [1.807, 2.05) is 6.92 Å². The third-order valence-electron chi connectivity index (χ3n) is 2.89. The largest absolute Gasteiger partial charge is 0.350 e. The number of aromatic nitrogens is 1. The van der Waals surface area contributed by atoms with Gasteiger partial charge in [0.1, 0.15) is 4.88 Å². The lowest BCUT2D eigenvalue weighted by molar-refractivity contribution is 0.0929. The third-order valence-corrected chi connectivity index (χ3v) is 4.36. The van der Waals surface area contributed by atoms with Gasteiger partial charge in [-0.15, -0.1) is 11.3 Å². The minimum Gasteiger partial charge on any atom is -0.350 e. The molecule has 2 N–H and O–H groups in total. The molecule has 0 spiro atoms. The highest BCUT2D eigenvalue weighted by atomic mass is 35.5. The molecule has 7 heteroatoms. The van der Waals surface area contributed by atoms with E-state index in [1.54, 1.807) is 30.5 Å². The monoisotopic (exact) mass is 337 g/mol. The molecule has 0 aliphatic heterocycles. The van der Waals surface area contributed by atoms with Crippen LogP contribution in [-0.2, 0) is 6.42 Å². The molecule has 5 nitrogen and oxygen atoms in total. The van der Waals surface area contributed by atoms with Gasteiger partial charge in [0.25, 0.3) is 11.8 Å². The zero-order valence-corrected chi connectivity index (χ0v) is 13.6. The maximum atomic E-state index is 11.9. The van der Waals surface area contributed by atoms with Gasteiger partial charge in [0.15, 0.2) is 0 Å². The van der Waals surface area contributed by atoms with Gasteiger partial charge < -0.3 is 10.6 Å². The Balaban J connectivity index is 1.76. The zero-order chi connectivity index (χ0) is 15.9. The highest BCUT2D eigenvalue weighted by Gasteiger charge is 2.11. The quantitative estimate of drug-likeness (QED) is 0.796. The highest BCUT2D eigenvalue weighted by Crippen LogP contribution is 2.14. The van der Waals surface area contributed by atoms with Crippen molar-refractivity contribution in [2.45, 2.75) is 13.3 Å². The van der Waals surface area contributed by atoms with Crippen molar-refractivity contribution in [3.63, 3.8) is 0 Å². The molecule has 0 atom stereocenters. The first-order valence-corrected chi connectivity index (χ1v) is 8.07. The number of carbonyl (C=O) groups excluding carboxylic acids is 2. The number of nitrogens with one attached hydrogen (secondary N) is 2. The van der Waals surface area contributed by atoms with E-state index in [0.717, 1.165) is 11.4 Å². The van der Waals surface area contributed by atoms with Gasteiger partial charge in [-0.1, -0.05) is 30.7 Å². The molecule has 116 valence electrons. The summed E-state index contributed by atoms with van der Waals surface area (Å²) in [6, 6.07) is 6.82. The van der Waals surface area contributed by atoms with E-state index < -0.39 is 0 Å².